The van der Waals surface area contributed by atoms with Crippen molar-refractivity contribution in [2.24, 2.45) is 0 Å². The van der Waals surface area contributed by atoms with Crippen LogP contribution in [-0.4, -0.2) is 32.8 Å². The molecule has 1 saturated heterocycles. The summed E-state index contributed by atoms with van der Waals surface area (Å²) in [4.78, 5) is 0. The first-order valence-electron chi connectivity index (χ1n) is 6.78. The normalized spacial score (nSPS) is 20.4. The zero-order chi connectivity index (χ0) is 12.7. The Bertz CT molecular complexity index is 298. The van der Waals surface area contributed by atoms with Crippen molar-refractivity contribution in [2.45, 2.75) is 63.7 Å². The van der Waals surface area contributed by atoms with Crippen LogP contribution in [0.3, 0.4) is 0 Å². The van der Waals surface area contributed by atoms with Crippen molar-refractivity contribution in [3.05, 3.63) is 0 Å². The maximum absolute atomic E-state index is 12.1. The highest BCUT2D eigenvalue weighted by molar-refractivity contribution is 7.90. The summed E-state index contributed by atoms with van der Waals surface area (Å²) in [5.74, 6) is 0. The van der Waals surface area contributed by atoms with Crippen LogP contribution >= 0.6 is 0 Å². The number of rotatable bonds is 7. The van der Waals surface area contributed by atoms with Crippen molar-refractivity contribution in [2.75, 3.05) is 13.1 Å². The zero-order valence-electron chi connectivity index (χ0n) is 11.0. The number of sulfonamides is 1. The van der Waals surface area contributed by atoms with Crippen molar-refractivity contribution in [3.8, 4) is 0 Å². The number of hydrogen-bond donors (Lipinski definition) is 2. The SMILES string of the molecule is CCCCCC(C)NS(=O)(=O)C1CCNCC1. The highest BCUT2D eigenvalue weighted by Gasteiger charge is 2.27. The summed E-state index contributed by atoms with van der Waals surface area (Å²) in [5.41, 5.74) is 0. The van der Waals surface area contributed by atoms with Crippen molar-refractivity contribution >= 4 is 10.0 Å². The Morgan fingerprint density at radius 1 is 1.29 bits per heavy atom. The maximum Gasteiger partial charge on any atom is 0.214 e. The predicted octanol–water partition coefficient (Wildman–Crippen LogP) is 1.63. The monoisotopic (exact) mass is 262 g/mol. The fourth-order valence-electron chi connectivity index (χ4n) is 2.24. The van der Waals surface area contributed by atoms with Gasteiger partial charge in [0, 0.05) is 6.04 Å². The van der Waals surface area contributed by atoms with Crippen LogP contribution in [-0.2, 0) is 10.0 Å². The first-order valence-corrected chi connectivity index (χ1v) is 8.32. The molecule has 0 bridgehead atoms. The Kier molecular flexibility index (Phi) is 6.44. The van der Waals surface area contributed by atoms with Crippen LogP contribution in [0.25, 0.3) is 0 Å². The molecule has 0 spiro atoms. The molecule has 4 nitrogen and oxygen atoms in total. The molecule has 0 saturated carbocycles. The molecule has 1 unspecified atom stereocenters. The Balaban J connectivity index is 2.36. The molecule has 1 fully saturated rings. The lowest BCUT2D eigenvalue weighted by atomic mass is 10.1. The molecule has 0 aromatic rings. The second-order valence-corrected chi connectivity index (χ2v) is 7.00. The first-order chi connectivity index (χ1) is 8.06. The largest absolute Gasteiger partial charge is 0.317 e. The average Bonchev–Trinajstić information content (AvgIpc) is 2.30. The van der Waals surface area contributed by atoms with E-state index in [1.807, 2.05) is 6.92 Å². The molecular formula is C12H26N2O2S. The molecule has 2 N–H and O–H groups in total. The zero-order valence-corrected chi connectivity index (χ0v) is 11.9. The van der Waals surface area contributed by atoms with Crippen LogP contribution in [0.5, 0.6) is 0 Å². The van der Waals surface area contributed by atoms with Crippen LogP contribution in [0, 0.1) is 0 Å². The molecular weight excluding hydrogens is 236 g/mol. The van der Waals surface area contributed by atoms with Gasteiger partial charge < -0.3 is 5.32 Å². The van der Waals surface area contributed by atoms with Crippen molar-refractivity contribution in [3.63, 3.8) is 0 Å². The van der Waals surface area contributed by atoms with Gasteiger partial charge in [-0.3, -0.25) is 0 Å². The summed E-state index contributed by atoms with van der Waals surface area (Å²) in [6, 6.07) is 0.0708. The third-order valence-corrected chi connectivity index (χ3v) is 5.41. The third kappa shape index (κ3) is 5.36. The number of hydrogen-bond acceptors (Lipinski definition) is 3. The Labute approximate surface area is 106 Å². The summed E-state index contributed by atoms with van der Waals surface area (Å²) in [6.45, 7) is 5.75. The minimum Gasteiger partial charge on any atom is -0.317 e. The molecule has 1 heterocycles. The molecule has 0 aromatic heterocycles. The molecule has 102 valence electrons. The van der Waals surface area contributed by atoms with Gasteiger partial charge in [0.15, 0.2) is 0 Å². The Morgan fingerprint density at radius 3 is 2.53 bits per heavy atom. The molecule has 1 atom stereocenters. The van der Waals surface area contributed by atoms with Crippen molar-refractivity contribution in [1.82, 2.24) is 10.0 Å². The molecule has 0 aliphatic carbocycles. The molecule has 0 amide bonds. The lowest BCUT2D eigenvalue weighted by Crippen LogP contribution is -2.44. The quantitative estimate of drug-likeness (QED) is 0.686. The Morgan fingerprint density at radius 2 is 1.94 bits per heavy atom. The summed E-state index contributed by atoms with van der Waals surface area (Å²) >= 11 is 0. The fraction of sp³-hybridized carbons (Fsp3) is 1.00. The van der Waals surface area contributed by atoms with Crippen LogP contribution in [0.15, 0.2) is 0 Å². The van der Waals surface area contributed by atoms with Crippen molar-refractivity contribution < 1.29 is 8.42 Å². The molecule has 0 radical (unpaired) electrons. The second kappa shape index (κ2) is 7.34. The van der Waals surface area contributed by atoms with E-state index < -0.39 is 10.0 Å². The van der Waals surface area contributed by atoms with Gasteiger partial charge >= 0.3 is 0 Å². The topological polar surface area (TPSA) is 58.2 Å². The van der Waals surface area contributed by atoms with E-state index in [4.69, 9.17) is 0 Å². The van der Waals surface area contributed by atoms with E-state index in [0.717, 1.165) is 38.8 Å². The van der Waals surface area contributed by atoms with E-state index in [2.05, 4.69) is 17.0 Å². The second-order valence-electron chi connectivity index (χ2n) is 5.01. The van der Waals surface area contributed by atoms with Crippen molar-refractivity contribution in [1.29, 1.82) is 0 Å². The number of unbranched alkanes of at least 4 members (excludes halogenated alkanes) is 2. The van der Waals surface area contributed by atoms with Gasteiger partial charge in [0.25, 0.3) is 0 Å². The third-order valence-electron chi connectivity index (χ3n) is 3.33. The van der Waals surface area contributed by atoms with Crippen LogP contribution in [0.4, 0.5) is 0 Å². The Hall–Kier alpha value is -0.130. The molecule has 5 heteroatoms. The van der Waals surface area contributed by atoms with Gasteiger partial charge in [-0.25, -0.2) is 13.1 Å². The molecule has 1 aliphatic rings. The van der Waals surface area contributed by atoms with Gasteiger partial charge in [0.05, 0.1) is 5.25 Å². The van der Waals surface area contributed by atoms with Gasteiger partial charge in [-0.15, -0.1) is 0 Å². The van der Waals surface area contributed by atoms with Gasteiger partial charge in [0.1, 0.15) is 0 Å². The van der Waals surface area contributed by atoms with E-state index in [0.29, 0.717) is 0 Å². The van der Waals surface area contributed by atoms with Gasteiger partial charge in [0.2, 0.25) is 10.0 Å². The standard InChI is InChI=1S/C12H26N2O2S/c1-3-4-5-6-11(2)14-17(15,16)12-7-9-13-10-8-12/h11-14H,3-10H2,1-2H3. The van der Waals surface area contributed by atoms with E-state index in [1.165, 1.54) is 12.8 Å². The smallest absolute Gasteiger partial charge is 0.214 e. The first kappa shape index (κ1) is 14.9. The van der Waals surface area contributed by atoms with E-state index in [-0.39, 0.29) is 11.3 Å². The minimum atomic E-state index is -3.11. The average molecular weight is 262 g/mol. The summed E-state index contributed by atoms with van der Waals surface area (Å²) in [5, 5.41) is 2.99. The molecule has 1 rings (SSSR count). The summed E-state index contributed by atoms with van der Waals surface area (Å²) in [6.07, 6.45) is 5.87. The molecule has 0 aromatic carbocycles. The van der Waals surface area contributed by atoms with Gasteiger partial charge in [-0.2, -0.15) is 0 Å². The van der Waals surface area contributed by atoms with E-state index in [9.17, 15) is 8.42 Å². The lowest BCUT2D eigenvalue weighted by Gasteiger charge is -2.24. The van der Waals surface area contributed by atoms with Crippen LogP contribution < -0.4 is 10.0 Å². The van der Waals surface area contributed by atoms with Crippen LogP contribution in [0.1, 0.15) is 52.4 Å². The molecule has 17 heavy (non-hydrogen) atoms. The van der Waals surface area contributed by atoms with Crippen LogP contribution in [0.2, 0.25) is 0 Å². The number of nitrogens with one attached hydrogen (secondary N) is 2. The molecule has 1 aliphatic heterocycles. The maximum atomic E-state index is 12.1. The van der Waals surface area contributed by atoms with Gasteiger partial charge in [-0.1, -0.05) is 26.2 Å². The predicted molar refractivity (Wildman–Crippen MR) is 71.6 cm³/mol. The lowest BCUT2D eigenvalue weighted by molar-refractivity contribution is 0.475. The highest BCUT2D eigenvalue weighted by atomic mass is 32.2. The van der Waals surface area contributed by atoms with E-state index in [1.54, 1.807) is 0 Å². The van der Waals surface area contributed by atoms with Gasteiger partial charge in [-0.05, 0) is 39.3 Å². The van der Waals surface area contributed by atoms with E-state index >= 15 is 0 Å². The fourth-order valence-corrected chi connectivity index (χ4v) is 3.97. The minimum absolute atomic E-state index is 0.0708. The summed E-state index contributed by atoms with van der Waals surface area (Å²) < 4.78 is 27.0. The summed E-state index contributed by atoms with van der Waals surface area (Å²) in [7, 11) is -3.11. The highest BCUT2D eigenvalue weighted by Crippen LogP contribution is 2.13. The number of piperidine rings is 1.